The van der Waals surface area contributed by atoms with Crippen molar-refractivity contribution in [1.82, 2.24) is 10.6 Å². The Hall–Kier alpha value is -1.13. The second-order valence-corrected chi connectivity index (χ2v) is 2.49. The van der Waals surface area contributed by atoms with Gasteiger partial charge in [0.2, 0.25) is 0 Å². The van der Waals surface area contributed by atoms with Gasteiger partial charge in [0.05, 0.1) is 5.82 Å². The van der Waals surface area contributed by atoms with Crippen molar-refractivity contribution >= 4 is 0 Å². The summed E-state index contributed by atoms with van der Waals surface area (Å²) >= 11 is 0. The van der Waals surface area contributed by atoms with Gasteiger partial charge in [-0.1, -0.05) is 0 Å². The molecule has 2 N–H and O–H groups in total. The minimum absolute atomic E-state index is 0.145. The number of rotatable bonds is 3. The second-order valence-electron chi connectivity index (χ2n) is 2.49. The summed E-state index contributed by atoms with van der Waals surface area (Å²) in [6, 6.07) is 0. The smallest absolute Gasteiger partial charge is 0.375 e. The minimum atomic E-state index is -4.26. The molecule has 0 atom stereocenters. The molecule has 0 aromatic heterocycles. The maximum Gasteiger partial charge on any atom is 0.410 e. The van der Waals surface area contributed by atoms with Crippen molar-refractivity contribution < 1.29 is 13.2 Å². The third-order valence-electron chi connectivity index (χ3n) is 1.30. The van der Waals surface area contributed by atoms with Crippen LogP contribution in [0.15, 0.2) is 23.5 Å². The summed E-state index contributed by atoms with van der Waals surface area (Å²) in [5.41, 5.74) is 0.145. The number of allylic oxidation sites excluding steroid dienone is 3. The predicted molar refractivity (Wildman–Crippen MR) is 46.0 cm³/mol. The molecular weight excluding hydrogens is 181 g/mol. The Morgan fingerprint density at radius 2 is 1.62 bits per heavy atom. The van der Waals surface area contributed by atoms with E-state index in [1.807, 2.05) is 0 Å². The summed E-state index contributed by atoms with van der Waals surface area (Å²) < 4.78 is 35.5. The molecule has 0 bridgehead atoms. The summed E-state index contributed by atoms with van der Waals surface area (Å²) in [6.45, 7) is 1.39. The fourth-order valence-corrected chi connectivity index (χ4v) is 0.797. The van der Waals surface area contributed by atoms with Crippen molar-refractivity contribution in [1.29, 1.82) is 0 Å². The number of alkyl halides is 3. The van der Waals surface area contributed by atoms with Gasteiger partial charge in [-0.3, -0.25) is 0 Å². The van der Waals surface area contributed by atoms with E-state index in [0.29, 0.717) is 5.82 Å². The van der Waals surface area contributed by atoms with Gasteiger partial charge in [0.1, 0.15) is 0 Å². The molecule has 76 valence electrons. The van der Waals surface area contributed by atoms with Crippen LogP contribution in [0.4, 0.5) is 13.2 Å². The van der Waals surface area contributed by atoms with E-state index in [2.05, 4.69) is 10.6 Å². The van der Waals surface area contributed by atoms with Gasteiger partial charge in [0.15, 0.2) is 0 Å². The Morgan fingerprint density at radius 3 is 1.92 bits per heavy atom. The first-order valence-electron chi connectivity index (χ1n) is 3.72. The quantitative estimate of drug-likeness (QED) is 0.669. The first-order valence-corrected chi connectivity index (χ1v) is 3.72. The molecule has 0 saturated carbocycles. The van der Waals surface area contributed by atoms with Crippen LogP contribution >= 0.6 is 0 Å². The highest BCUT2D eigenvalue weighted by molar-refractivity contribution is 5.21. The summed E-state index contributed by atoms with van der Waals surface area (Å²) in [5, 5.41) is 5.42. The summed E-state index contributed by atoms with van der Waals surface area (Å²) in [4.78, 5) is 0. The molecule has 0 aliphatic rings. The molecule has 13 heavy (non-hydrogen) atoms. The molecule has 0 amide bonds. The SMILES string of the molecule is CNC(=C/C(C)=C/C(F)(F)F)NC. The third kappa shape index (κ3) is 6.07. The van der Waals surface area contributed by atoms with Gasteiger partial charge in [-0.2, -0.15) is 13.2 Å². The van der Waals surface area contributed by atoms with E-state index in [0.717, 1.165) is 0 Å². The standard InChI is InChI=1S/C8H13F3N2/c1-6(5-8(9,10)11)4-7(12-2)13-3/h4-5,12-13H,1-3H3/b6-5+. The number of halogens is 3. The first-order chi connectivity index (χ1) is 5.89. The Kier molecular flexibility index (Phi) is 4.37. The van der Waals surface area contributed by atoms with E-state index in [1.165, 1.54) is 13.0 Å². The zero-order chi connectivity index (χ0) is 10.5. The maximum absolute atomic E-state index is 11.8. The minimum Gasteiger partial charge on any atom is -0.375 e. The van der Waals surface area contributed by atoms with Crippen LogP contribution in [0.1, 0.15) is 6.92 Å². The average Bonchev–Trinajstić information content (AvgIpc) is 1.96. The Bertz CT molecular complexity index is 210. The topological polar surface area (TPSA) is 24.1 Å². The van der Waals surface area contributed by atoms with Gasteiger partial charge >= 0.3 is 6.18 Å². The summed E-state index contributed by atoms with van der Waals surface area (Å²) in [7, 11) is 3.26. The largest absolute Gasteiger partial charge is 0.410 e. The highest BCUT2D eigenvalue weighted by Gasteiger charge is 2.22. The highest BCUT2D eigenvalue weighted by Crippen LogP contribution is 2.18. The zero-order valence-corrected chi connectivity index (χ0v) is 7.79. The lowest BCUT2D eigenvalue weighted by atomic mass is 10.2. The van der Waals surface area contributed by atoms with E-state index in [9.17, 15) is 13.2 Å². The molecule has 0 heterocycles. The van der Waals surface area contributed by atoms with E-state index in [4.69, 9.17) is 0 Å². The Balaban J connectivity index is 4.52. The monoisotopic (exact) mass is 194 g/mol. The van der Waals surface area contributed by atoms with Crippen LogP contribution in [0.3, 0.4) is 0 Å². The van der Waals surface area contributed by atoms with Gasteiger partial charge in [-0.15, -0.1) is 0 Å². The van der Waals surface area contributed by atoms with Crippen LogP contribution < -0.4 is 10.6 Å². The van der Waals surface area contributed by atoms with Crippen molar-refractivity contribution in [2.75, 3.05) is 14.1 Å². The molecule has 0 aromatic carbocycles. The lowest BCUT2D eigenvalue weighted by molar-refractivity contribution is -0.0803. The van der Waals surface area contributed by atoms with Gasteiger partial charge in [-0.05, 0) is 18.6 Å². The zero-order valence-electron chi connectivity index (χ0n) is 7.79. The molecule has 0 rings (SSSR count). The molecule has 0 saturated heterocycles. The van der Waals surface area contributed by atoms with Gasteiger partial charge in [0, 0.05) is 20.2 Å². The molecule has 0 aromatic rings. The number of nitrogens with one attached hydrogen (secondary N) is 2. The van der Waals surface area contributed by atoms with Crippen LogP contribution in [0.2, 0.25) is 0 Å². The normalized spacial score (nSPS) is 12.3. The third-order valence-corrected chi connectivity index (χ3v) is 1.30. The molecule has 0 fully saturated rings. The van der Waals surface area contributed by atoms with Crippen molar-refractivity contribution in [3.63, 3.8) is 0 Å². The molecule has 0 radical (unpaired) electrons. The molecule has 2 nitrogen and oxygen atoms in total. The van der Waals surface area contributed by atoms with Gasteiger partial charge in [0.25, 0.3) is 0 Å². The molecule has 5 heteroatoms. The molecular formula is C8H13F3N2. The lowest BCUT2D eigenvalue weighted by Crippen LogP contribution is -2.19. The first kappa shape index (κ1) is 11.9. The molecule has 0 unspecified atom stereocenters. The van der Waals surface area contributed by atoms with Crippen molar-refractivity contribution in [2.24, 2.45) is 0 Å². The van der Waals surface area contributed by atoms with E-state index in [-0.39, 0.29) is 11.6 Å². The number of hydrogen-bond donors (Lipinski definition) is 2. The second kappa shape index (κ2) is 4.79. The molecule has 0 spiro atoms. The van der Waals surface area contributed by atoms with Crippen molar-refractivity contribution in [3.05, 3.63) is 23.5 Å². The summed E-state index contributed by atoms with van der Waals surface area (Å²) in [5.74, 6) is 0.540. The van der Waals surface area contributed by atoms with Crippen molar-refractivity contribution in [3.8, 4) is 0 Å². The van der Waals surface area contributed by atoms with Crippen LogP contribution in [0, 0.1) is 0 Å². The van der Waals surface area contributed by atoms with Crippen molar-refractivity contribution in [2.45, 2.75) is 13.1 Å². The average molecular weight is 194 g/mol. The Morgan fingerprint density at radius 1 is 1.15 bits per heavy atom. The molecule has 0 aliphatic heterocycles. The highest BCUT2D eigenvalue weighted by atomic mass is 19.4. The number of hydrogen-bond acceptors (Lipinski definition) is 2. The van der Waals surface area contributed by atoms with Gasteiger partial charge < -0.3 is 10.6 Å². The van der Waals surface area contributed by atoms with Gasteiger partial charge in [-0.25, -0.2) is 0 Å². The van der Waals surface area contributed by atoms with Crippen LogP contribution in [0.25, 0.3) is 0 Å². The van der Waals surface area contributed by atoms with Crippen LogP contribution in [-0.2, 0) is 0 Å². The fraction of sp³-hybridized carbons (Fsp3) is 0.500. The lowest BCUT2D eigenvalue weighted by Gasteiger charge is -2.06. The predicted octanol–water partition coefficient (Wildman–Crippen LogP) is 1.78. The fourth-order valence-electron chi connectivity index (χ4n) is 0.797. The van der Waals surface area contributed by atoms with E-state index < -0.39 is 6.18 Å². The van der Waals surface area contributed by atoms with Crippen LogP contribution in [0.5, 0.6) is 0 Å². The maximum atomic E-state index is 11.8. The molecule has 0 aliphatic carbocycles. The van der Waals surface area contributed by atoms with Crippen LogP contribution in [-0.4, -0.2) is 20.3 Å². The van der Waals surface area contributed by atoms with E-state index >= 15 is 0 Å². The van der Waals surface area contributed by atoms with E-state index in [1.54, 1.807) is 14.1 Å². The Labute approximate surface area is 75.5 Å². The summed E-state index contributed by atoms with van der Waals surface area (Å²) in [6.07, 6.45) is -2.62.